The van der Waals surface area contributed by atoms with Crippen LogP contribution in [0.15, 0.2) is 6.33 Å². The molecule has 0 spiro atoms. The fourth-order valence-electron chi connectivity index (χ4n) is 4.48. The van der Waals surface area contributed by atoms with Gasteiger partial charge in [0.15, 0.2) is 0 Å². The van der Waals surface area contributed by atoms with Crippen molar-refractivity contribution in [3.63, 3.8) is 0 Å². The van der Waals surface area contributed by atoms with Gasteiger partial charge in [0.2, 0.25) is 5.91 Å². The maximum absolute atomic E-state index is 13.1. The zero-order valence-electron chi connectivity index (χ0n) is 14.9. The van der Waals surface area contributed by atoms with E-state index in [2.05, 4.69) is 14.9 Å². The van der Waals surface area contributed by atoms with Crippen molar-refractivity contribution < 1.29 is 19.4 Å². The molecule has 0 radical (unpaired) electrons. The number of carboxylic acid groups (broad SMARTS) is 1. The van der Waals surface area contributed by atoms with E-state index < -0.39 is 12.0 Å². The van der Waals surface area contributed by atoms with E-state index in [1.54, 1.807) is 6.33 Å². The summed E-state index contributed by atoms with van der Waals surface area (Å²) in [6.07, 6.45) is 5.58. The van der Waals surface area contributed by atoms with E-state index in [-0.39, 0.29) is 18.2 Å². The minimum Gasteiger partial charge on any atom is -0.480 e. The Morgan fingerprint density at radius 2 is 1.92 bits per heavy atom. The molecule has 3 aliphatic heterocycles. The molecule has 26 heavy (non-hydrogen) atoms. The van der Waals surface area contributed by atoms with Gasteiger partial charge in [-0.05, 0) is 38.8 Å². The summed E-state index contributed by atoms with van der Waals surface area (Å²) >= 11 is 0. The Bertz CT molecular complexity index is 662. The van der Waals surface area contributed by atoms with Gasteiger partial charge in [0.05, 0.1) is 24.3 Å². The Kier molecular flexibility index (Phi) is 4.95. The number of imidazole rings is 1. The number of hydrogen-bond donors (Lipinski definition) is 2. The number of hydrogen-bond acceptors (Lipinski definition) is 5. The van der Waals surface area contributed by atoms with Gasteiger partial charge >= 0.3 is 5.97 Å². The Labute approximate surface area is 152 Å². The lowest BCUT2D eigenvalue weighted by molar-refractivity contribution is -0.154. The number of piperidine rings is 1. The molecular weight excluding hydrogens is 336 g/mol. The van der Waals surface area contributed by atoms with Crippen molar-refractivity contribution in [3.8, 4) is 0 Å². The topological polar surface area (TPSA) is 98.8 Å². The number of carbonyl (C=O) groups excluding carboxylic acids is 1. The maximum atomic E-state index is 13.1. The number of carboxylic acids is 1. The lowest BCUT2D eigenvalue weighted by Crippen LogP contribution is -2.53. The number of rotatable bonds is 3. The molecule has 2 N–H and O–H groups in total. The van der Waals surface area contributed by atoms with Crippen molar-refractivity contribution in [1.82, 2.24) is 19.8 Å². The summed E-state index contributed by atoms with van der Waals surface area (Å²) in [6.45, 7) is 3.77. The van der Waals surface area contributed by atoms with Crippen LogP contribution in [0.1, 0.15) is 37.1 Å². The minimum atomic E-state index is -0.952. The van der Waals surface area contributed by atoms with E-state index in [1.165, 1.54) is 4.90 Å². The molecule has 1 aromatic rings. The molecule has 2 fully saturated rings. The summed E-state index contributed by atoms with van der Waals surface area (Å²) < 4.78 is 5.43. The van der Waals surface area contributed by atoms with Crippen LogP contribution in [0.2, 0.25) is 0 Å². The van der Waals surface area contributed by atoms with Crippen molar-refractivity contribution >= 4 is 11.9 Å². The molecule has 0 aromatic carbocycles. The first-order chi connectivity index (χ1) is 12.6. The summed E-state index contributed by atoms with van der Waals surface area (Å²) in [5, 5.41) is 9.58. The molecule has 1 amide bonds. The highest BCUT2D eigenvalue weighted by atomic mass is 16.5. The van der Waals surface area contributed by atoms with Gasteiger partial charge in [-0.1, -0.05) is 0 Å². The fourth-order valence-corrected chi connectivity index (χ4v) is 4.48. The predicted octanol–water partition coefficient (Wildman–Crippen LogP) is 0.639. The van der Waals surface area contributed by atoms with Crippen LogP contribution >= 0.6 is 0 Å². The van der Waals surface area contributed by atoms with Gasteiger partial charge in [-0.3, -0.25) is 4.79 Å². The van der Waals surface area contributed by atoms with E-state index in [4.69, 9.17) is 4.74 Å². The molecule has 0 aliphatic carbocycles. The molecule has 4 rings (SSSR count). The predicted molar refractivity (Wildman–Crippen MR) is 92.4 cm³/mol. The lowest BCUT2D eigenvalue weighted by Gasteiger charge is -2.41. The second-order valence-electron chi connectivity index (χ2n) is 7.51. The normalized spacial score (nSPS) is 25.8. The van der Waals surface area contributed by atoms with Gasteiger partial charge in [0, 0.05) is 31.6 Å². The Morgan fingerprint density at radius 3 is 2.62 bits per heavy atom. The zero-order valence-corrected chi connectivity index (χ0v) is 14.9. The highest BCUT2D eigenvalue weighted by Crippen LogP contribution is 2.28. The van der Waals surface area contributed by atoms with Crippen LogP contribution in [-0.4, -0.2) is 75.1 Å². The summed E-state index contributed by atoms with van der Waals surface area (Å²) in [6, 6.07) is -0.249. The average molecular weight is 362 g/mol. The average Bonchev–Trinajstić information content (AvgIpc) is 3.15. The molecule has 2 saturated heterocycles. The SMILES string of the molecule is O=C(O)C1Cc2nc[nH]c2CN1C(=O)C1CCN(C2CCOCC2)CC1. The molecule has 1 aromatic heterocycles. The molecule has 0 bridgehead atoms. The van der Waals surface area contributed by atoms with E-state index in [0.717, 1.165) is 63.4 Å². The Morgan fingerprint density at radius 1 is 1.19 bits per heavy atom. The van der Waals surface area contributed by atoms with Crippen LogP contribution in [-0.2, 0) is 27.3 Å². The van der Waals surface area contributed by atoms with E-state index in [9.17, 15) is 14.7 Å². The van der Waals surface area contributed by atoms with E-state index >= 15 is 0 Å². The molecule has 8 nitrogen and oxygen atoms in total. The van der Waals surface area contributed by atoms with Crippen molar-refractivity contribution in [2.24, 2.45) is 5.92 Å². The first kappa shape index (κ1) is 17.5. The van der Waals surface area contributed by atoms with Gasteiger partial charge in [0.25, 0.3) is 0 Å². The van der Waals surface area contributed by atoms with Crippen molar-refractivity contribution in [3.05, 3.63) is 17.7 Å². The van der Waals surface area contributed by atoms with Gasteiger partial charge < -0.3 is 24.6 Å². The zero-order chi connectivity index (χ0) is 18.1. The monoisotopic (exact) mass is 362 g/mol. The standard InChI is InChI=1S/C18H26N4O4/c23-17(12-1-5-21(6-2-12)13-3-7-26-8-4-13)22-10-15-14(19-11-20-15)9-16(22)18(24)25/h11-13,16H,1-10H2,(H,19,20)(H,24,25). The number of H-pyrrole nitrogens is 1. The molecule has 1 unspecified atom stereocenters. The van der Waals surface area contributed by atoms with Gasteiger partial charge in [-0.15, -0.1) is 0 Å². The number of aromatic nitrogens is 2. The van der Waals surface area contributed by atoms with E-state index in [0.29, 0.717) is 12.6 Å². The van der Waals surface area contributed by atoms with Crippen LogP contribution in [0.5, 0.6) is 0 Å². The quantitative estimate of drug-likeness (QED) is 0.819. The third kappa shape index (κ3) is 3.35. The van der Waals surface area contributed by atoms with Crippen LogP contribution < -0.4 is 0 Å². The number of nitrogens with zero attached hydrogens (tertiary/aromatic N) is 3. The largest absolute Gasteiger partial charge is 0.480 e. The van der Waals surface area contributed by atoms with Gasteiger partial charge in [-0.2, -0.15) is 0 Å². The van der Waals surface area contributed by atoms with Crippen molar-refractivity contribution in [2.45, 2.75) is 50.7 Å². The molecule has 1 atom stereocenters. The highest BCUT2D eigenvalue weighted by Gasteiger charge is 2.39. The molecule has 8 heteroatoms. The number of amides is 1. The molecular formula is C18H26N4O4. The van der Waals surface area contributed by atoms with Gasteiger partial charge in [0.1, 0.15) is 6.04 Å². The highest BCUT2D eigenvalue weighted by molar-refractivity contribution is 5.85. The van der Waals surface area contributed by atoms with Gasteiger partial charge in [-0.25, -0.2) is 9.78 Å². The number of carbonyl (C=O) groups is 2. The van der Waals surface area contributed by atoms with Crippen LogP contribution in [0, 0.1) is 5.92 Å². The van der Waals surface area contributed by atoms with Crippen molar-refractivity contribution in [1.29, 1.82) is 0 Å². The van der Waals surface area contributed by atoms with Crippen molar-refractivity contribution in [2.75, 3.05) is 26.3 Å². The van der Waals surface area contributed by atoms with Crippen LogP contribution in [0.3, 0.4) is 0 Å². The summed E-state index contributed by atoms with van der Waals surface area (Å²) in [7, 11) is 0. The first-order valence-corrected chi connectivity index (χ1v) is 9.49. The molecule has 0 saturated carbocycles. The minimum absolute atomic E-state index is 0.0238. The second-order valence-corrected chi connectivity index (χ2v) is 7.51. The number of ether oxygens (including phenoxy) is 1. The molecule has 4 heterocycles. The smallest absolute Gasteiger partial charge is 0.326 e. The van der Waals surface area contributed by atoms with E-state index in [1.807, 2.05) is 0 Å². The first-order valence-electron chi connectivity index (χ1n) is 9.49. The number of aliphatic carboxylic acids is 1. The Hall–Kier alpha value is -1.93. The summed E-state index contributed by atoms with van der Waals surface area (Å²) in [4.78, 5) is 36.0. The number of nitrogens with one attached hydrogen (secondary N) is 1. The summed E-state index contributed by atoms with van der Waals surface area (Å²) in [5.74, 6) is -1.06. The maximum Gasteiger partial charge on any atom is 0.326 e. The number of aromatic amines is 1. The van der Waals surface area contributed by atoms with Crippen LogP contribution in [0.4, 0.5) is 0 Å². The lowest BCUT2D eigenvalue weighted by atomic mass is 9.91. The number of fused-ring (bicyclic) bond motifs is 1. The van der Waals surface area contributed by atoms with Crippen LogP contribution in [0.25, 0.3) is 0 Å². The fraction of sp³-hybridized carbons (Fsp3) is 0.722. The summed E-state index contributed by atoms with van der Waals surface area (Å²) in [5.41, 5.74) is 1.62. The molecule has 3 aliphatic rings. The third-order valence-corrected chi connectivity index (χ3v) is 6.05. The number of likely N-dealkylation sites (tertiary alicyclic amines) is 1. The molecule has 142 valence electrons. The second kappa shape index (κ2) is 7.36. The Balaban J connectivity index is 1.40. The third-order valence-electron chi connectivity index (χ3n) is 6.05.